The van der Waals surface area contributed by atoms with Gasteiger partial charge in [0.05, 0.1) is 12.8 Å². The molecule has 0 bridgehead atoms. The number of rotatable bonds is 4. The second-order valence-electron chi connectivity index (χ2n) is 3.59. The number of nitrogens with zero attached hydrogens (tertiary/aromatic N) is 1. The predicted molar refractivity (Wildman–Crippen MR) is 65.2 cm³/mol. The summed E-state index contributed by atoms with van der Waals surface area (Å²) >= 11 is 5.68. The monoisotopic (exact) mass is 266 g/mol. The number of hydrogen-bond acceptors (Lipinski definition) is 4. The Bertz CT molecular complexity index is 528. The normalized spacial score (nSPS) is 12.1. The van der Waals surface area contributed by atoms with Crippen LogP contribution in [0.1, 0.15) is 22.4 Å². The van der Waals surface area contributed by atoms with E-state index in [2.05, 4.69) is 10.3 Å². The minimum atomic E-state index is -0.886. The number of amides is 1. The lowest BCUT2D eigenvalue weighted by Crippen LogP contribution is -2.28. The van der Waals surface area contributed by atoms with Gasteiger partial charge in [0, 0.05) is 0 Å². The number of aliphatic hydroxyl groups excluding tert-OH is 1. The van der Waals surface area contributed by atoms with E-state index in [1.54, 1.807) is 30.3 Å². The van der Waals surface area contributed by atoms with Crippen LogP contribution in [-0.4, -0.2) is 22.5 Å². The Morgan fingerprint density at radius 1 is 1.44 bits per heavy atom. The minimum Gasteiger partial charge on any atom is -0.467 e. The number of halogens is 1. The molecule has 0 fully saturated rings. The number of pyridine rings is 1. The van der Waals surface area contributed by atoms with Gasteiger partial charge in [0.2, 0.25) is 0 Å². The van der Waals surface area contributed by atoms with Gasteiger partial charge in [-0.05, 0) is 24.3 Å². The summed E-state index contributed by atoms with van der Waals surface area (Å²) in [6.07, 6.45) is 0.571. The third-order valence-corrected chi connectivity index (χ3v) is 2.49. The van der Waals surface area contributed by atoms with Crippen LogP contribution in [0.4, 0.5) is 0 Å². The molecule has 2 N–H and O–H groups in total. The molecule has 0 radical (unpaired) electrons. The van der Waals surface area contributed by atoms with Crippen molar-refractivity contribution in [2.75, 3.05) is 6.54 Å². The topological polar surface area (TPSA) is 75.4 Å². The van der Waals surface area contributed by atoms with Crippen LogP contribution in [0.5, 0.6) is 0 Å². The second kappa shape index (κ2) is 5.66. The average molecular weight is 267 g/mol. The Balaban J connectivity index is 1.92. The summed E-state index contributed by atoms with van der Waals surface area (Å²) in [5.41, 5.74) is 0.203. The molecular weight excluding hydrogens is 256 g/mol. The molecule has 1 atom stereocenters. The van der Waals surface area contributed by atoms with E-state index < -0.39 is 12.0 Å². The van der Waals surface area contributed by atoms with Gasteiger partial charge in [-0.25, -0.2) is 4.98 Å². The van der Waals surface area contributed by atoms with Crippen molar-refractivity contribution >= 4 is 17.5 Å². The minimum absolute atomic E-state index is 0.0422. The number of nitrogens with one attached hydrogen (secondary N) is 1. The van der Waals surface area contributed by atoms with Gasteiger partial charge in [-0.1, -0.05) is 17.7 Å². The van der Waals surface area contributed by atoms with E-state index in [0.717, 1.165) is 0 Å². The SMILES string of the molecule is O=C(NCC(O)c1ccco1)c1cccc(Cl)n1. The first-order valence-corrected chi connectivity index (χ1v) is 5.67. The van der Waals surface area contributed by atoms with Gasteiger partial charge in [0.25, 0.3) is 5.91 Å². The Hall–Kier alpha value is -1.85. The third kappa shape index (κ3) is 3.09. The summed E-state index contributed by atoms with van der Waals surface area (Å²) in [6.45, 7) is 0.0422. The number of carbonyl (C=O) groups excluding carboxylic acids is 1. The van der Waals surface area contributed by atoms with Gasteiger partial charge in [-0.3, -0.25) is 4.79 Å². The van der Waals surface area contributed by atoms with Crippen molar-refractivity contribution < 1.29 is 14.3 Å². The molecular formula is C12H11ClN2O3. The first-order valence-electron chi connectivity index (χ1n) is 5.29. The van der Waals surface area contributed by atoms with Gasteiger partial charge in [-0.15, -0.1) is 0 Å². The van der Waals surface area contributed by atoms with Crippen molar-refractivity contribution in [3.05, 3.63) is 53.2 Å². The zero-order valence-corrected chi connectivity index (χ0v) is 10.1. The molecule has 2 aromatic heterocycles. The molecule has 2 aromatic rings. The van der Waals surface area contributed by atoms with E-state index in [1.807, 2.05) is 0 Å². The van der Waals surface area contributed by atoms with Gasteiger partial charge >= 0.3 is 0 Å². The highest BCUT2D eigenvalue weighted by Crippen LogP contribution is 2.12. The maximum absolute atomic E-state index is 11.7. The zero-order valence-electron chi connectivity index (χ0n) is 9.34. The Morgan fingerprint density at radius 3 is 2.94 bits per heavy atom. The van der Waals surface area contributed by atoms with E-state index in [9.17, 15) is 9.90 Å². The van der Waals surface area contributed by atoms with Crippen LogP contribution in [0.2, 0.25) is 5.15 Å². The number of furan rings is 1. The highest BCUT2D eigenvalue weighted by molar-refractivity contribution is 6.29. The number of hydrogen-bond donors (Lipinski definition) is 2. The van der Waals surface area contributed by atoms with Crippen LogP contribution in [0.15, 0.2) is 41.0 Å². The summed E-state index contributed by atoms with van der Waals surface area (Å²) < 4.78 is 5.01. The second-order valence-corrected chi connectivity index (χ2v) is 3.97. The molecule has 1 amide bonds. The highest BCUT2D eigenvalue weighted by Gasteiger charge is 2.13. The van der Waals surface area contributed by atoms with Crippen LogP contribution in [-0.2, 0) is 0 Å². The van der Waals surface area contributed by atoms with Crippen LogP contribution in [0.3, 0.4) is 0 Å². The van der Waals surface area contributed by atoms with Crippen LogP contribution in [0, 0.1) is 0 Å². The van der Waals surface area contributed by atoms with Gasteiger partial charge < -0.3 is 14.8 Å². The fraction of sp³-hybridized carbons (Fsp3) is 0.167. The van der Waals surface area contributed by atoms with Gasteiger partial charge in [0.1, 0.15) is 22.7 Å². The summed E-state index contributed by atoms with van der Waals surface area (Å²) in [6, 6.07) is 8.05. The largest absolute Gasteiger partial charge is 0.467 e. The maximum Gasteiger partial charge on any atom is 0.270 e. The molecule has 2 heterocycles. The molecule has 0 aliphatic carbocycles. The van der Waals surface area contributed by atoms with Crippen LogP contribution < -0.4 is 5.32 Å². The fourth-order valence-electron chi connectivity index (χ4n) is 1.40. The lowest BCUT2D eigenvalue weighted by atomic mass is 10.2. The van der Waals surface area contributed by atoms with Crippen molar-refractivity contribution in [1.29, 1.82) is 0 Å². The van der Waals surface area contributed by atoms with Gasteiger partial charge in [-0.2, -0.15) is 0 Å². The quantitative estimate of drug-likeness (QED) is 0.828. The highest BCUT2D eigenvalue weighted by atomic mass is 35.5. The Labute approximate surface area is 108 Å². The van der Waals surface area contributed by atoms with Crippen molar-refractivity contribution in [2.24, 2.45) is 0 Å². The molecule has 18 heavy (non-hydrogen) atoms. The standard InChI is InChI=1S/C12H11ClN2O3/c13-11-5-1-3-8(15-11)12(17)14-7-9(16)10-4-2-6-18-10/h1-6,9,16H,7H2,(H,14,17). The van der Waals surface area contributed by atoms with Crippen molar-refractivity contribution in [3.8, 4) is 0 Å². The molecule has 0 aliphatic heterocycles. The molecule has 0 saturated heterocycles. The summed E-state index contributed by atoms with van der Waals surface area (Å²) in [5, 5.41) is 12.5. The lowest BCUT2D eigenvalue weighted by Gasteiger charge is -2.09. The number of carbonyl (C=O) groups is 1. The molecule has 0 saturated carbocycles. The van der Waals surface area contributed by atoms with E-state index in [1.165, 1.54) is 6.26 Å². The van der Waals surface area contributed by atoms with E-state index >= 15 is 0 Å². The van der Waals surface area contributed by atoms with Crippen LogP contribution in [0.25, 0.3) is 0 Å². The van der Waals surface area contributed by atoms with E-state index in [4.69, 9.17) is 16.0 Å². The molecule has 1 unspecified atom stereocenters. The van der Waals surface area contributed by atoms with E-state index in [0.29, 0.717) is 5.76 Å². The zero-order chi connectivity index (χ0) is 13.0. The Morgan fingerprint density at radius 2 is 2.28 bits per heavy atom. The average Bonchev–Trinajstić information content (AvgIpc) is 2.89. The Kier molecular flexibility index (Phi) is 3.96. The lowest BCUT2D eigenvalue weighted by molar-refractivity contribution is 0.0896. The van der Waals surface area contributed by atoms with Crippen molar-refractivity contribution in [2.45, 2.75) is 6.10 Å². The first kappa shape index (κ1) is 12.6. The molecule has 5 nitrogen and oxygen atoms in total. The molecule has 0 spiro atoms. The molecule has 0 aliphatic rings. The smallest absolute Gasteiger partial charge is 0.270 e. The summed E-state index contributed by atoms with van der Waals surface area (Å²) in [7, 11) is 0. The summed E-state index contributed by atoms with van der Waals surface area (Å²) in [5.74, 6) is -0.00235. The molecule has 94 valence electrons. The van der Waals surface area contributed by atoms with Crippen molar-refractivity contribution in [3.63, 3.8) is 0 Å². The van der Waals surface area contributed by atoms with E-state index in [-0.39, 0.29) is 17.4 Å². The third-order valence-electron chi connectivity index (χ3n) is 2.28. The molecule has 0 aromatic carbocycles. The van der Waals surface area contributed by atoms with Crippen molar-refractivity contribution in [1.82, 2.24) is 10.3 Å². The molecule has 6 heteroatoms. The summed E-state index contributed by atoms with van der Waals surface area (Å²) in [4.78, 5) is 15.6. The number of aromatic nitrogens is 1. The fourth-order valence-corrected chi connectivity index (χ4v) is 1.56. The van der Waals surface area contributed by atoms with Crippen LogP contribution >= 0.6 is 11.6 Å². The number of aliphatic hydroxyl groups is 1. The predicted octanol–water partition coefficient (Wildman–Crippen LogP) is 1.79. The first-order chi connectivity index (χ1) is 8.66. The maximum atomic E-state index is 11.7. The molecule has 2 rings (SSSR count). The van der Waals surface area contributed by atoms with Gasteiger partial charge in [0.15, 0.2) is 0 Å².